The predicted octanol–water partition coefficient (Wildman–Crippen LogP) is -3.76. The number of carboxylic acid groups (broad SMARTS) is 2. The number of carbonyl (C=O) groups is 6. The standard InChI is InChI=1S/C17H29N5O9/c1-7(2)13(16(29)21-10(6-23)17(30)31)22-15(28)9(5-12(25)26)20-14(27)8(18)3-4-11(19)24/h7-10,13,23H,3-6,18H2,1-2H3,(H2,19,24)(H,20,27)(H,21,29)(H,22,28)(H,25,26)(H,30,31). The number of aliphatic carboxylic acids is 2. The second kappa shape index (κ2) is 13.1. The van der Waals surface area contributed by atoms with Crippen LogP contribution in [0.1, 0.15) is 33.1 Å². The number of nitrogens with one attached hydrogen (secondary N) is 3. The van der Waals surface area contributed by atoms with E-state index in [-0.39, 0.29) is 12.8 Å². The van der Waals surface area contributed by atoms with Crippen LogP contribution in [0.25, 0.3) is 0 Å². The first-order valence-electron chi connectivity index (χ1n) is 9.30. The minimum atomic E-state index is -1.61. The van der Waals surface area contributed by atoms with E-state index in [1.54, 1.807) is 0 Å². The molecule has 0 rings (SSSR count). The van der Waals surface area contributed by atoms with E-state index in [0.29, 0.717) is 0 Å². The van der Waals surface area contributed by atoms with Crippen LogP contribution in [0.5, 0.6) is 0 Å². The second-order valence-corrected chi connectivity index (χ2v) is 7.08. The van der Waals surface area contributed by atoms with Gasteiger partial charge in [0.2, 0.25) is 23.6 Å². The summed E-state index contributed by atoms with van der Waals surface area (Å²) in [6.07, 6.45) is -1.16. The van der Waals surface area contributed by atoms with E-state index in [4.69, 9.17) is 26.8 Å². The van der Waals surface area contributed by atoms with E-state index in [9.17, 15) is 28.8 Å². The molecule has 4 atom stereocenters. The van der Waals surface area contributed by atoms with Gasteiger partial charge in [-0.1, -0.05) is 13.8 Å². The highest BCUT2D eigenvalue weighted by molar-refractivity contribution is 5.95. The maximum absolute atomic E-state index is 12.6. The van der Waals surface area contributed by atoms with Gasteiger partial charge < -0.3 is 42.7 Å². The zero-order chi connectivity index (χ0) is 24.3. The van der Waals surface area contributed by atoms with Crippen molar-refractivity contribution >= 4 is 35.6 Å². The summed E-state index contributed by atoms with van der Waals surface area (Å²) in [6, 6.07) is -5.74. The van der Waals surface area contributed by atoms with Gasteiger partial charge in [0.05, 0.1) is 19.1 Å². The normalized spacial score (nSPS) is 14.6. The molecule has 4 amide bonds. The van der Waals surface area contributed by atoms with E-state index in [2.05, 4.69) is 10.6 Å². The van der Waals surface area contributed by atoms with Gasteiger partial charge in [-0.2, -0.15) is 0 Å². The van der Waals surface area contributed by atoms with Crippen LogP contribution in [0.15, 0.2) is 0 Å². The van der Waals surface area contributed by atoms with Crippen LogP contribution in [0.3, 0.4) is 0 Å². The number of aliphatic hydroxyl groups excluding tert-OH is 1. The average Bonchev–Trinajstić information content (AvgIpc) is 2.66. The Bertz CT molecular complexity index is 697. The first-order valence-corrected chi connectivity index (χ1v) is 9.30. The summed E-state index contributed by atoms with van der Waals surface area (Å²) in [4.78, 5) is 69.9. The third-order valence-electron chi connectivity index (χ3n) is 4.09. The van der Waals surface area contributed by atoms with Gasteiger partial charge in [0.25, 0.3) is 0 Å². The Morgan fingerprint density at radius 1 is 0.871 bits per heavy atom. The summed E-state index contributed by atoms with van der Waals surface area (Å²) in [5, 5.41) is 33.4. The highest BCUT2D eigenvalue weighted by atomic mass is 16.4. The molecular formula is C17H29N5O9. The van der Waals surface area contributed by atoms with Gasteiger partial charge in [0.15, 0.2) is 0 Å². The number of hydrogen-bond donors (Lipinski definition) is 8. The third-order valence-corrected chi connectivity index (χ3v) is 4.09. The molecule has 4 unspecified atom stereocenters. The number of primary amides is 1. The summed E-state index contributed by atoms with van der Waals surface area (Å²) in [7, 11) is 0. The van der Waals surface area contributed by atoms with Gasteiger partial charge in [-0.15, -0.1) is 0 Å². The molecule has 0 aromatic carbocycles. The van der Waals surface area contributed by atoms with Crippen LogP contribution in [0, 0.1) is 5.92 Å². The molecule has 0 aliphatic heterocycles. The number of rotatable bonds is 14. The largest absolute Gasteiger partial charge is 0.481 e. The Kier molecular flexibility index (Phi) is 11.7. The highest BCUT2D eigenvalue weighted by Gasteiger charge is 2.32. The highest BCUT2D eigenvalue weighted by Crippen LogP contribution is 2.05. The molecule has 0 aliphatic carbocycles. The van der Waals surface area contributed by atoms with Crippen LogP contribution in [-0.4, -0.2) is 81.7 Å². The van der Waals surface area contributed by atoms with Gasteiger partial charge in [0, 0.05) is 6.42 Å². The van der Waals surface area contributed by atoms with Crippen molar-refractivity contribution in [3.63, 3.8) is 0 Å². The Labute approximate surface area is 177 Å². The summed E-state index contributed by atoms with van der Waals surface area (Å²) < 4.78 is 0. The van der Waals surface area contributed by atoms with Gasteiger partial charge >= 0.3 is 11.9 Å². The molecule has 0 heterocycles. The van der Waals surface area contributed by atoms with Crippen molar-refractivity contribution in [2.24, 2.45) is 17.4 Å². The van der Waals surface area contributed by atoms with Crippen molar-refractivity contribution in [2.75, 3.05) is 6.61 Å². The minimum Gasteiger partial charge on any atom is -0.481 e. The molecule has 0 radical (unpaired) electrons. The summed E-state index contributed by atoms with van der Waals surface area (Å²) >= 11 is 0. The lowest BCUT2D eigenvalue weighted by molar-refractivity contribution is -0.144. The van der Waals surface area contributed by atoms with Crippen LogP contribution >= 0.6 is 0 Å². The van der Waals surface area contributed by atoms with Crippen molar-refractivity contribution in [3.05, 3.63) is 0 Å². The van der Waals surface area contributed by atoms with Crippen molar-refractivity contribution in [2.45, 2.75) is 57.3 Å². The molecule has 0 fully saturated rings. The molecule has 0 bridgehead atoms. The fourth-order valence-electron chi connectivity index (χ4n) is 2.33. The Morgan fingerprint density at radius 3 is 1.84 bits per heavy atom. The lowest BCUT2D eigenvalue weighted by Gasteiger charge is -2.26. The van der Waals surface area contributed by atoms with Crippen LogP contribution < -0.4 is 27.4 Å². The van der Waals surface area contributed by atoms with Gasteiger partial charge in [-0.3, -0.25) is 24.0 Å². The molecule has 14 nitrogen and oxygen atoms in total. The molecule has 10 N–H and O–H groups in total. The lowest BCUT2D eigenvalue weighted by atomic mass is 10.0. The number of aliphatic hydroxyl groups is 1. The summed E-state index contributed by atoms with van der Waals surface area (Å²) in [6.45, 7) is 2.17. The predicted molar refractivity (Wildman–Crippen MR) is 104 cm³/mol. The van der Waals surface area contributed by atoms with E-state index < -0.39 is 78.7 Å². The van der Waals surface area contributed by atoms with Crippen molar-refractivity contribution in [3.8, 4) is 0 Å². The Morgan fingerprint density at radius 2 is 1.42 bits per heavy atom. The van der Waals surface area contributed by atoms with E-state index in [0.717, 1.165) is 0 Å². The minimum absolute atomic E-state index is 0.128. The van der Waals surface area contributed by atoms with E-state index >= 15 is 0 Å². The van der Waals surface area contributed by atoms with E-state index in [1.165, 1.54) is 13.8 Å². The molecule has 0 spiro atoms. The molecular weight excluding hydrogens is 418 g/mol. The van der Waals surface area contributed by atoms with Gasteiger partial charge in [0.1, 0.15) is 18.1 Å². The zero-order valence-corrected chi connectivity index (χ0v) is 17.2. The molecule has 0 saturated heterocycles. The molecule has 0 aromatic rings. The van der Waals surface area contributed by atoms with Gasteiger partial charge in [-0.05, 0) is 12.3 Å². The molecule has 176 valence electrons. The first-order chi connectivity index (χ1) is 14.3. The maximum Gasteiger partial charge on any atom is 0.328 e. The van der Waals surface area contributed by atoms with E-state index in [1.807, 2.05) is 5.32 Å². The number of hydrogen-bond acceptors (Lipinski definition) is 8. The first kappa shape index (κ1) is 27.7. The van der Waals surface area contributed by atoms with Gasteiger partial charge in [-0.25, -0.2) is 4.79 Å². The molecule has 14 heteroatoms. The van der Waals surface area contributed by atoms with Crippen molar-refractivity contribution < 1.29 is 44.1 Å². The third kappa shape index (κ3) is 10.4. The molecule has 0 aromatic heterocycles. The summed E-state index contributed by atoms with van der Waals surface area (Å²) in [5.74, 6) is -7.04. The van der Waals surface area contributed by atoms with Crippen LogP contribution in [-0.2, 0) is 28.8 Å². The second-order valence-electron chi connectivity index (χ2n) is 7.08. The average molecular weight is 447 g/mol. The maximum atomic E-state index is 12.6. The number of carbonyl (C=O) groups excluding carboxylic acids is 4. The molecule has 0 saturated carbocycles. The zero-order valence-electron chi connectivity index (χ0n) is 17.2. The Hall–Kier alpha value is -3.26. The van der Waals surface area contributed by atoms with Crippen molar-refractivity contribution in [1.29, 1.82) is 0 Å². The topological polar surface area (TPSA) is 251 Å². The fourth-order valence-corrected chi connectivity index (χ4v) is 2.33. The SMILES string of the molecule is CC(C)C(NC(=O)C(CC(=O)O)NC(=O)C(N)CCC(N)=O)C(=O)NC(CO)C(=O)O. The Balaban J connectivity index is 5.33. The number of carboxylic acids is 2. The number of amides is 4. The van der Waals surface area contributed by atoms with Crippen LogP contribution in [0.2, 0.25) is 0 Å². The fraction of sp³-hybridized carbons (Fsp3) is 0.647. The smallest absolute Gasteiger partial charge is 0.328 e. The quantitative estimate of drug-likeness (QED) is 0.129. The number of nitrogens with two attached hydrogens (primary N) is 2. The van der Waals surface area contributed by atoms with Crippen molar-refractivity contribution in [1.82, 2.24) is 16.0 Å². The molecule has 31 heavy (non-hydrogen) atoms. The monoisotopic (exact) mass is 447 g/mol. The summed E-state index contributed by atoms with van der Waals surface area (Å²) in [5.41, 5.74) is 10.6. The lowest BCUT2D eigenvalue weighted by Crippen LogP contribution is -2.59. The molecule has 0 aliphatic rings. The van der Waals surface area contributed by atoms with Crippen LogP contribution in [0.4, 0.5) is 0 Å².